The van der Waals surface area contributed by atoms with Crippen LogP contribution < -0.4 is 0 Å². The van der Waals surface area contributed by atoms with Crippen LogP contribution in [0.3, 0.4) is 0 Å². The largest absolute Gasteiger partial charge is 0.379 e. The van der Waals surface area contributed by atoms with Crippen molar-refractivity contribution in [3.05, 3.63) is 0 Å². The summed E-state index contributed by atoms with van der Waals surface area (Å²) >= 11 is 0. The lowest BCUT2D eigenvalue weighted by molar-refractivity contribution is -0.873. The molecule has 0 aromatic heterocycles. The van der Waals surface area contributed by atoms with Gasteiger partial charge in [-0.1, -0.05) is 142 Å². The fourth-order valence-electron chi connectivity index (χ4n) is 4.86. The van der Waals surface area contributed by atoms with Crippen LogP contribution in [0.25, 0.3) is 0 Å². The van der Waals surface area contributed by atoms with Crippen molar-refractivity contribution in [3.63, 3.8) is 0 Å². The number of likely N-dealkylation sites (N-methyl/N-ethyl adjacent to an activating group) is 1. The Balaban J connectivity index is 3.61. The predicted molar refractivity (Wildman–Crippen MR) is 156 cm³/mol. The van der Waals surface area contributed by atoms with Crippen LogP contribution in [0.15, 0.2) is 0 Å². The minimum atomic E-state index is 0.228. The second-order valence-corrected chi connectivity index (χ2v) is 12.1. The normalized spacial score (nSPS) is 12.9. The molecular weight excluding hydrogens is 430 g/mol. The first-order valence-corrected chi connectivity index (χ1v) is 16.0. The smallest absolute Gasteiger partial charge is 0.130 e. The van der Waals surface area contributed by atoms with Gasteiger partial charge in [0.1, 0.15) is 12.6 Å². The number of ether oxygens (including phenoxy) is 2. The summed E-state index contributed by atoms with van der Waals surface area (Å²) in [5.41, 5.74) is 0. The van der Waals surface area contributed by atoms with Gasteiger partial charge in [0.05, 0.1) is 27.7 Å². The summed E-state index contributed by atoms with van der Waals surface area (Å²) in [6, 6.07) is 0. The zero-order valence-electron chi connectivity index (χ0n) is 25.2. The third kappa shape index (κ3) is 30.0. The van der Waals surface area contributed by atoms with E-state index in [-0.39, 0.29) is 6.10 Å². The molecule has 0 aromatic rings. The van der Waals surface area contributed by atoms with Gasteiger partial charge in [-0.05, 0) is 12.8 Å². The van der Waals surface area contributed by atoms with Crippen LogP contribution in [-0.4, -0.2) is 58.1 Å². The molecule has 0 radical (unpaired) electrons. The van der Waals surface area contributed by atoms with E-state index in [0.29, 0.717) is 0 Å². The highest BCUT2D eigenvalue weighted by atomic mass is 16.5. The summed E-state index contributed by atoms with van der Waals surface area (Å²) in [4.78, 5) is 0. The molecule has 0 fully saturated rings. The first kappa shape index (κ1) is 34.9. The van der Waals surface area contributed by atoms with Crippen molar-refractivity contribution >= 4 is 0 Å². The van der Waals surface area contributed by atoms with Gasteiger partial charge in [0.2, 0.25) is 0 Å². The number of quaternary nitrogens is 1. The molecule has 0 spiro atoms. The quantitative estimate of drug-likeness (QED) is 0.0754. The average Bonchev–Trinajstić information content (AvgIpc) is 2.81. The van der Waals surface area contributed by atoms with E-state index in [1.54, 1.807) is 0 Å². The maximum absolute atomic E-state index is 6.27. The predicted octanol–water partition coefficient (Wildman–Crippen LogP) is 9.72. The summed E-state index contributed by atoms with van der Waals surface area (Å²) in [6.45, 7) is 8.15. The molecule has 35 heavy (non-hydrogen) atoms. The van der Waals surface area contributed by atoms with Crippen molar-refractivity contribution < 1.29 is 14.0 Å². The van der Waals surface area contributed by atoms with Crippen molar-refractivity contribution in [1.82, 2.24) is 0 Å². The summed E-state index contributed by atoms with van der Waals surface area (Å²) in [6.07, 6.45) is 30.7. The molecule has 0 saturated heterocycles. The van der Waals surface area contributed by atoms with Crippen LogP contribution in [0.5, 0.6) is 0 Å². The molecule has 0 aliphatic rings. The summed E-state index contributed by atoms with van der Waals surface area (Å²) in [5.74, 6) is 0. The van der Waals surface area contributed by atoms with E-state index in [0.717, 1.165) is 30.8 Å². The topological polar surface area (TPSA) is 18.5 Å². The van der Waals surface area contributed by atoms with Gasteiger partial charge in [-0.25, -0.2) is 0 Å². The van der Waals surface area contributed by atoms with E-state index in [2.05, 4.69) is 35.0 Å². The van der Waals surface area contributed by atoms with Gasteiger partial charge < -0.3 is 14.0 Å². The lowest BCUT2D eigenvalue weighted by Crippen LogP contribution is -2.44. The molecule has 0 amide bonds. The molecule has 212 valence electrons. The number of hydrogen-bond donors (Lipinski definition) is 0. The molecule has 0 rings (SSSR count). The molecule has 0 aromatic carbocycles. The highest BCUT2D eigenvalue weighted by Crippen LogP contribution is 2.13. The zero-order valence-corrected chi connectivity index (χ0v) is 25.2. The molecule has 0 N–H and O–H groups in total. The third-order valence-corrected chi connectivity index (χ3v) is 7.05. The van der Waals surface area contributed by atoms with E-state index < -0.39 is 0 Å². The maximum Gasteiger partial charge on any atom is 0.130 e. The monoisotopic (exact) mass is 499 g/mol. The molecule has 0 aliphatic heterocycles. The minimum absolute atomic E-state index is 0.228. The number of rotatable bonds is 29. The lowest BCUT2D eigenvalue weighted by atomic mass is 10.0. The van der Waals surface area contributed by atoms with Crippen molar-refractivity contribution in [2.45, 2.75) is 161 Å². The van der Waals surface area contributed by atoms with Crippen LogP contribution in [0.4, 0.5) is 0 Å². The molecule has 3 nitrogen and oxygen atoms in total. The Bertz CT molecular complexity index is 394. The van der Waals surface area contributed by atoms with Crippen LogP contribution in [-0.2, 0) is 9.47 Å². The average molecular weight is 499 g/mol. The molecule has 0 saturated carbocycles. The second-order valence-electron chi connectivity index (χ2n) is 12.1. The molecule has 1 atom stereocenters. The van der Waals surface area contributed by atoms with E-state index >= 15 is 0 Å². The van der Waals surface area contributed by atoms with Crippen molar-refractivity contribution in [1.29, 1.82) is 0 Å². The molecule has 0 bridgehead atoms. The molecule has 3 heteroatoms. The Hall–Kier alpha value is -0.120. The van der Waals surface area contributed by atoms with Crippen molar-refractivity contribution in [2.24, 2.45) is 0 Å². The number of unbranched alkanes of at least 4 members (excludes halogenated alkanes) is 20. The molecule has 1 unspecified atom stereocenters. The van der Waals surface area contributed by atoms with Gasteiger partial charge in [0.25, 0.3) is 0 Å². The Labute approximate surface area is 222 Å². The SMILES string of the molecule is CCCCCCCCCCCCCCCCOC(COCCCCCCCCCC)C[N+](C)(C)C. The van der Waals surface area contributed by atoms with Crippen LogP contribution in [0.2, 0.25) is 0 Å². The first-order valence-electron chi connectivity index (χ1n) is 16.0. The summed E-state index contributed by atoms with van der Waals surface area (Å²) in [5, 5.41) is 0. The summed E-state index contributed by atoms with van der Waals surface area (Å²) < 4.78 is 13.2. The Kier molecular flexibility index (Phi) is 26.8. The fourth-order valence-corrected chi connectivity index (χ4v) is 4.86. The Morgan fingerprint density at radius 3 is 1.17 bits per heavy atom. The van der Waals surface area contributed by atoms with Gasteiger partial charge >= 0.3 is 0 Å². The van der Waals surface area contributed by atoms with Gasteiger partial charge in [0.15, 0.2) is 0 Å². The van der Waals surface area contributed by atoms with Gasteiger partial charge in [0, 0.05) is 13.2 Å². The number of hydrogen-bond acceptors (Lipinski definition) is 2. The number of nitrogens with zero attached hydrogens (tertiary/aromatic N) is 1. The molecule has 0 aliphatic carbocycles. The van der Waals surface area contributed by atoms with Crippen molar-refractivity contribution in [2.75, 3.05) is 47.5 Å². The van der Waals surface area contributed by atoms with E-state index in [9.17, 15) is 0 Å². The van der Waals surface area contributed by atoms with Gasteiger partial charge in [-0.2, -0.15) is 0 Å². The fraction of sp³-hybridized carbons (Fsp3) is 1.00. The molecular formula is C32H68NO2+. The zero-order chi connectivity index (χ0) is 25.9. The summed E-state index contributed by atoms with van der Waals surface area (Å²) in [7, 11) is 6.75. The maximum atomic E-state index is 6.27. The second kappa shape index (κ2) is 26.9. The van der Waals surface area contributed by atoms with Crippen LogP contribution in [0, 0.1) is 0 Å². The standard InChI is InChI=1S/C32H68NO2/c1-6-8-10-12-14-16-17-18-19-20-21-23-25-27-29-35-32(30-33(3,4)5)31-34-28-26-24-22-15-13-11-9-7-2/h32H,6-31H2,1-5H3/q+1. The van der Waals surface area contributed by atoms with Gasteiger partial charge in [-0.3, -0.25) is 0 Å². The Morgan fingerprint density at radius 1 is 0.457 bits per heavy atom. The lowest BCUT2D eigenvalue weighted by Gasteiger charge is -2.29. The minimum Gasteiger partial charge on any atom is -0.379 e. The van der Waals surface area contributed by atoms with Crippen molar-refractivity contribution in [3.8, 4) is 0 Å². The Morgan fingerprint density at radius 2 is 0.800 bits per heavy atom. The molecule has 0 heterocycles. The first-order chi connectivity index (χ1) is 17.0. The van der Waals surface area contributed by atoms with E-state index in [1.165, 1.54) is 141 Å². The highest BCUT2D eigenvalue weighted by molar-refractivity contribution is 4.57. The van der Waals surface area contributed by atoms with E-state index in [4.69, 9.17) is 9.47 Å². The van der Waals surface area contributed by atoms with Gasteiger partial charge in [-0.15, -0.1) is 0 Å². The highest BCUT2D eigenvalue weighted by Gasteiger charge is 2.19. The van der Waals surface area contributed by atoms with Crippen LogP contribution in [0.1, 0.15) is 155 Å². The van der Waals surface area contributed by atoms with Crippen LogP contribution >= 0.6 is 0 Å². The van der Waals surface area contributed by atoms with E-state index in [1.807, 2.05) is 0 Å². The third-order valence-electron chi connectivity index (χ3n) is 7.05.